The summed E-state index contributed by atoms with van der Waals surface area (Å²) < 4.78 is 23.1. The lowest BCUT2D eigenvalue weighted by Gasteiger charge is -2.59. The number of fused-ring (bicyclic) bond motifs is 3. The normalized spacial score (nSPS) is 53.0. The van der Waals surface area contributed by atoms with Crippen molar-refractivity contribution in [2.24, 2.45) is 28.6 Å². The average Bonchev–Trinajstić information content (AvgIpc) is 3.21. The molecule has 2 heterocycles. The summed E-state index contributed by atoms with van der Waals surface area (Å²) in [5.41, 5.74) is -0.224. The molecule has 0 radical (unpaired) electrons. The van der Waals surface area contributed by atoms with Gasteiger partial charge in [-0.15, -0.1) is 0 Å². The van der Waals surface area contributed by atoms with Crippen molar-refractivity contribution in [3.05, 3.63) is 12.2 Å². The Balaban J connectivity index is 1.13. The van der Waals surface area contributed by atoms with E-state index in [1.807, 2.05) is 0 Å². The third kappa shape index (κ3) is 5.59. The lowest BCUT2D eigenvalue weighted by Crippen LogP contribution is -2.61. The number of hydrogen-bond donors (Lipinski definition) is 8. The molecule has 13 heteroatoms. The molecule has 45 heavy (non-hydrogen) atoms. The molecule has 2 bridgehead atoms. The summed E-state index contributed by atoms with van der Waals surface area (Å²) in [7, 11) is 0. The summed E-state index contributed by atoms with van der Waals surface area (Å²) >= 11 is 0. The van der Waals surface area contributed by atoms with Crippen molar-refractivity contribution >= 4 is 5.97 Å². The van der Waals surface area contributed by atoms with Gasteiger partial charge in [0.1, 0.15) is 48.8 Å². The monoisotopic (exact) mass is 642 g/mol. The summed E-state index contributed by atoms with van der Waals surface area (Å²) in [6.07, 6.45) is -6.40. The molecular formula is C32H50O13. The first-order chi connectivity index (χ1) is 21.3. The first-order valence-electron chi connectivity index (χ1n) is 16.4. The average molecular weight is 643 g/mol. The zero-order valence-corrected chi connectivity index (χ0v) is 25.8. The molecule has 4 aliphatic carbocycles. The number of rotatable bonds is 7. The number of ether oxygens (including phenoxy) is 4. The Labute approximate surface area is 262 Å². The highest BCUT2D eigenvalue weighted by Gasteiger charge is 2.65. The highest BCUT2D eigenvalue weighted by atomic mass is 16.7. The summed E-state index contributed by atoms with van der Waals surface area (Å²) in [5, 5.41) is 80.9. The van der Waals surface area contributed by atoms with Gasteiger partial charge >= 0.3 is 5.97 Å². The minimum Gasteiger partial charge on any atom is -0.433 e. The van der Waals surface area contributed by atoms with Gasteiger partial charge in [-0.2, -0.15) is 0 Å². The van der Waals surface area contributed by atoms with Crippen LogP contribution in [0.15, 0.2) is 12.2 Å². The zero-order valence-electron chi connectivity index (χ0n) is 25.8. The SMILES string of the molecule is C=C1C[C@@]23CCC4C(CCCC4(C)CC(=O)O[C@H]4O[C@@H](CO)[C@H](O)[C@@H](O)[C@@H]4O)C2CC[C@]1(O[C@@H]1O[C@H](CO)[C@@H](O)[C@H](O)[C@H]1O)C3. The second-order valence-electron chi connectivity index (χ2n) is 15.0. The van der Waals surface area contributed by atoms with Crippen molar-refractivity contribution in [1.29, 1.82) is 0 Å². The molecule has 0 amide bonds. The number of aliphatic hydroxyl groups excluding tert-OH is 8. The van der Waals surface area contributed by atoms with Crippen molar-refractivity contribution < 1.29 is 64.6 Å². The molecule has 256 valence electrons. The van der Waals surface area contributed by atoms with Gasteiger partial charge in [0.25, 0.3) is 0 Å². The Bertz CT molecular complexity index is 1120. The van der Waals surface area contributed by atoms with E-state index < -0.39 is 86.2 Å². The maximum Gasteiger partial charge on any atom is 0.308 e. The van der Waals surface area contributed by atoms with Crippen LogP contribution in [-0.4, -0.2) is 127 Å². The van der Waals surface area contributed by atoms with Crippen LogP contribution in [0.5, 0.6) is 0 Å². The van der Waals surface area contributed by atoms with Crippen molar-refractivity contribution in [3.8, 4) is 0 Å². The van der Waals surface area contributed by atoms with E-state index >= 15 is 0 Å². The van der Waals surface area contributed by atoms with Gasteiger partial charge in [-0.25, -0.2) is 0 Å². The van der Waals surface area contributed by atoms with Gasteiger partial charge in [-0.3, -0.25) is 4.79 Å². The van der Waals surface area contributed by atoms with Crippen molar-refractivity contribution in [1.82, 2.24) is 0 Å². The molecule has 6 aliphatic rings. The molecular weight excluding hydrogens is 592 g/mol. The number of hydrogen-bond acceptors (Lipinski definition) is 13. The molecule has 8 N–H and O–H groups in total. The molecule has 6 fully saturated rings. The van der Waals surface area contributed by atoms with Crippen molar-refractivity contribution in [3.63, 3.8) is 0 Å². The summed E-state index contributed by atoms with van der Waals surface area (Å²) in [6, 6.07) is 0. The molecule has 6 rings (SSSR count). The molecule has 2 aliphatic heterocycles. The smallest absolute Gasteiger partial charge is 0.308 e. The highest BCUT2D eigenvalue weighted by molar-refractivity contribution is 5.70. The van der Waals surface area contributed by atoms with E-state index in [1.54, 1.807) is 0 Å². The second kappa shape index (κ2) is 12.3. The summed E-state index contributed by atoms with van der Waals surface area (Å²) in [5.74, 6) is 0.446. The Hall–Kier alpha value is -1.23. The van der Waals surface area contributed by atoms with Crippen LogP contribution in [-0.2, 0) is 23.7 Å². The van der Waals surface area contributed by atoms with Crippen molar-refractivity contribution in [2.45, 2.75) is 138 Å². The number of carbonyl (C=O) groups excluding carboxylic acids is 1. The van der Waals surface area contributed by atoms with Crippen LogP contribution in [0.3, 0.4) is 0 Å². The molecule has 0 aromatic rings. The maximum atomic E-state index is 13.3. The predicted molar refractivity (Wildman–Crippen MR) is 154 cm³/mol. The standard InChI is InChI=1S/C32H50O13/c1-15-10-31-8-5-17-16(18(31)6-9-32(15,14-31)45-29-27(41)25(39)23(37)20(13-34)43-29)4-3-7-30(17,2)11-21(35)44-28-26(40)24(38)22(36)19(12-33)42-28/h16-20,22-29,33-34,36-41H,1,3-14H2,2H3/t16?,17?,18?,19-,20+,22-,23+,24+,25-,26-,27+,28+,29-,30?,31+,32-/m0/s1. The van der Waals surface area contributed by atoms with E-state index in [0.29, 0.717) is 24.7 Å². The van der Waals surface area contributed by atoms with Gasteiger partial charge in [0, 0.05) is 0 Å². The van der Waals surface area contributed by atoms with E-state index in [0.717, 1.165) is 50.5 Å². The number of carbonyl (C=O) groups is 1. The molecule has 1 spiro atoms. The molecule has 4 saturated carbocycles. The van der Waals surface area contributed by atoms with Crippen LogP contribution in [0, 0.1) is 28.6 Å². The molecule has 2 saturated heterocycles. The fourth-order valence-corrected chi connectivity index (χ4v) is 10.2. The molecule has 0 aromatic heterocycles. The van der Waals surface area contributed by atoms with Crippen LogP contribution in [0.2, 0.25) is 0 Å². The van der Waals surface area contributed by atoms with Crippen LogP contribution in [0.25, 0.3) is 0 Å². The van der Waals surface area contributed by atoms with E-state index in [9.17, 15) is 45.6 Å². The van der Waals surface area contributed by atoms with Crippen LogP contribution < -0.4 is 0 Å². The summed E-state index contributed by atoms with van der Waals surface area (Å²) in [6.45, 7) is 5.40. The van der Waals surface area contributed by atoms with Gasteiger partial charge in [-0.05, 0) is 85.5 Å². The lowest BCUT2D eigenvalue weighted by molar-refractivity contribution is -0.326. The van der Waals surface area contributed by atoms with Gasteiger partial charge in [0.15, 0.2) is 6.29 Å². The first kappa shape index (κ1) is 33.7. The van der Waals surface area contributed by atoms with E-state index in [4.69, 9.17) is 18.9 Å². The fraction of sp³-hybridized carbons (Fsp3) is 0.906. The third-order valence-electron chi connectivity index (χ3n) is 12.5. The maximum absolute atomic E-state index is 13.3. The molecule has 4 unspecified atom stereocenters. The van der Waals surface area contributed by atoms with E-state index in [1.165, 1.54) is 0 Å². The fourth-order valence-electron chi connectivity index (χ4n) is 10.2. The quantitative estimate of drug-likeness (QED) is 0.0975. The van der Waals surface area contributed by atoms with Crippen molar-refractivity contribution in [2.75, 3.05) is 13.2 Å². The third-order valence-corrected chi connectivity index (χ3v) is 12.5. The predicted octanol–water partition coefficient (Wildman–Crippen LogP) is -0.762. The lowest BCUT2D eigenvalue weighted by atomic mass is 9.46. The van der Waals surface area contributed by atoms with E-state index in [2.05, 4.69) is 13.5 Å². The van der Waals surface area contributed by atoms with Gasteiger partial charge in [0.05, 0.1) is 25.2 Å². The Morgan fingerprint density at radius 3 is 2.07 bits per heavy atom. The number of aliphatic hydroxyl groups is 8. The first-order valence-corrected chi connectivity index (χ1v) is 16.4. The van der Waals surface area contributed by atoms with Gasteiger partial charge < -0.3 is 59.8 Å². The Morgan fingerprint density at radius 1 is 0.822 bits per heavy atom. The number of esters is 1. The Morgan fingerprint density at radius 2 is 1.42 bits per heavy atom. The topological polar surface area (TPSA) is 216 Å². The minimum absolute atomic E-state index is 0.0558. The molecule has 0 aromatic carbocycles. The largest absolute Gasteiger partial charge is 0.433 e. The van der Waals surface area contributed by atoms with Gasteiger partial charge in [0.2, 0.25) is 6.29 Å². The van der Waals surface area contributed by atoms with Crippen LogP contribution in [0.1, 0.15) is 71.1 Å². The second-order valence-corrected chi connectivity index (χ2v) is 15.0. The summed E-state index contributed by atoms with van der Waals surface area (Å²) in [4.78, 5) is 13.3. The Kier molecular flexibility index (Phi) is 9.23. The van der Waals surface area contributed by atoms with Gasteiger partial charge in [-0.1, -0.05) is 19.9 Å². The van der Waals surface area contributed by atoms with E-state index in [-0.39, 0.29) is 23.2 Å². The molecule has 13 nitrogen and oxygen atoms in total. The van der Waals surface area contributed by atoms with Crippen LogP contribution >= 0.6 is 0 Å². The molecule has 16 atom stereocenters. The highest BCUT2D eigenvalue weighted by Crippen LogP contribution is 2.70. The zero-order chi connectivity index (χ0) is 32.5. The van der Waals surface area contributed by atoms with Crippen LogP contribution in [0.4, 0.5) is 0 Å². The minimum atomic E-state index is -1.64.